The van der Waals surface area contributed by atoms with E-state index in [0.29, 0.717) is 35.6 Å². The number of aryl methyl sites for hydroxylation is 2. The normalized spacial score (nSPS) is 11.4. The van der Waals surface area contributed by atoms with Gasteiger partial charge in [0.15, 0.2) is 11.2 Å². The predicted molar refractivity (Wildman–Crippen MR) is 127 cm³/mol. The van der Waals surface area contributed by atoms with Crippen LogP contribution in [-0.4, -0.2) is 39.1 Å². The van der Waals surface area contributed by atoms with Crippen molar-refractivity contribution in [1.29, 1.82) is 0 Å². The maximum atomic E-state index is 12.5. The molecule has 11 nitrogen and oxygen atoms in total. The lowest BCUT2D eigenvalue weighted by Crippen LogP contribution is -2.37. The zero-order chi connectivity index (χ0) is 23.8. The average Bonchev–Trinajstić information content (AvgIpc) is 3.47. The third-order valence-electron chi connectivity index (χ3n) is 5.75. The van der Waals surface area contributed by atoms with E-state index >= 15 is 0 Å². The first-order valence-corrected chi connectivity index (χ1v) is 10.7. The molecule has 5 rings (SSSR count). The number of amides is 1. The highest BCUT2D eigenvalue weighted by atomic mass is 16.2. The molecule has 4 heterocycles. The number of para-hydroxylation sites is 2. The minimum absolute atomic E-state index is 0.160. The van der Waals surface area contributed by atoms with Gasteiger partial charge in [0.05, 0.1) is 29.2 Å². The van der Waals surface area contributed by atoms with E-state index in [9.17, 15) is 14.4 Å². The van der Waals surface area contributed by atoms with Crippen molar-refractivity contribution in [3.05, 3.63) is 76.1 Å². The molecule has 4 aromatic heterocycles. The Morgan fingerprint density at radius 3 is 2.59 bits per heavy atom. The van der Waals surface area contributed by atoms with Crippen molar-refractivity contribution in [2.75, 3.05) is 5.32 Å². The summed E-state index contributed by atoms with van der Waals surface area (Å²) in [5.41, 5.74) is 2.27. The summed E-state index contributed by atoms with van der Waals surface area (Å²) >= 11 is 0. The lowest BCUT2D eigenvalue weighted by atomic mass is 10.2. The van der Waals surface area contributed by atoms with E-state index in [0.717, 1.165) is 15.6 Å². The van der Waals surface area contributed by atoms with Crippen molar-refractivity contribution in [1.82, 2.24) is 33.2 Å². The molecule has 0 aliphatic carbocycles. The van der Waals surface area contributed by atoms with E-state index < -0.39 is 11.2 Å². The van der Waals surface area contributed by atoms with Gasteiger partial charge in [-0.25, -0.2) is 19.7 Å². The van der Waals surface area contributed by atoms with Crippen molar-refractivity contribution in [2.45, 2.75) is 19.4 Å². The summed E-state index contributed by atoms with van der Waals surface area (Å²) in [6, 6.07) is 11.4. The van der Waals surface area contributed by atoms with Gasteiger partial charge < -0.3 is 9.88 Å². The molecule has 0 fully saturated rings. The number of hydrogen-bond donors (Lipinski definition) is 1. The molecule has 0 radical (unpaired) electrons. The van der Waals surface area contributed by atoms with Gasteiger partial charge in [0.2, 0.25) is 5.91 Å². The second kappa shape index (κ2) is 8.43. The van der Waals surface area contributed by atoms with Crippen molar-refractivity contribution in [2.24, 2.45) is 14.1 Å². The van der Waals surface area contributed by atoms with E-state index in [1.54, 1.807) is 30.2 Å². The van der Waals surface area contributed by atoms with Crippen LogP contribution in [0.5, 0.6) is 0 Å². The zero-order valence-electron chi connectivity index (χ0n) is 18.7. The first kappa shape index (κ1) is 21.3. The molecule has 0 saturated carbocycles. The smallest absolute Gasteiger partial charge is 0.325 e. The number of benzene rings is 1. The number of hydrogen-bond acceptors (Lipinski definition) is 6. The van der Waals surface area contributed by atoms with Crippen molar-refractivity contribution < 1.29 is 4.79 Å². The monoisotopic (exact) mass is 458 g/mol. The van der Waals surface area contributed by atoms with Crippen LogP contribution in [0, 0.1) is 0 Å². The van der Waals surface area contributed by atoms with E-state index in [2.05, 4.69) is 20.3 Å². The fraction of sp³-hybridized carbons (Fsp3) is 0.217. The summed E-state index contributed by atoms with van der Waals surface area (Å²) in [6.45, 7) is 0.419. The van der Waals surface area contributed by atoms with Crippen LogP contribution in [-0.2, 0) is 25.4 Å². The molecule has 1 amide bonds. The van der Waals surface area contributed by atoms with E-state index in [1.807, 2.05) is 34.9 Å². The number of rotatable bonds is 6. The Bertz CT molecular complexity index is 1640. The lowest BCUT2D eigenvalue weighted by Gasteiger charge is -2.08. The highest BCUT2D eigenvalue weighted by Crippen LogP contribution is 2.17. The van der Waals surface area contributed by atoms with E-state index in [1.165, 1.54) is 17.9 Å². The largest absolute Gasteiger partial charge is 0.332 e. The topological polar surface area (TPSA) is 122 Å². The second-order valence-electron chi connectivity index (χ2n) is 7.98. The molecule has 34 heavy (non-hydrogen) atoms. The van der Waals surface area contributed by atoms with Gasteiger partial charge in [-0.15, -0.1) is 0 Å². The molecule has 0 aliphatic rings. The Balaban J connectivity index is 1.23. The van der Waals surface area contributed by atoms with Gasteiger partial charge in [-0.3, -0.25) is 23.3 Å². The molecule has 0 spiro atoms. The van der Waals surface area contributed by atoms with Crippen LogP contribution in [0.3, 0.4) is 0 Å². The zero-order valence-corrected chi connectivity index (χ0v) is 18.7. The molecule has 0 saturated heterocycles. The van der Waals surface area contributed by atoms with Gasteiger partial charge >= 0.3 is 5.69 Å². The number of anilines is 1. The number of fused-ring (bicyclic) bond motifs is 2. The Hall–Kier alpha value is -4.54. The van der Waals surface area contributed by atoms with Gasteiger partial charge in [-0.2, -0.15) is 0 Å². The number of carbonyl (C=O) groups excluding carboxylic acids is 1. The SMILES string of the molecule is Cn1c(=O)c2c(ncn2CCCC(=O)Nc2ccc(-n3cnc4ccccc43)nc2)n(C)c1=O. The minimum atomic E-state index is -0.428. The molecule has 11 heteroatoms. The van der Waals surface area contributed by atoms with Gasteiger partial charge in [-0.05, 0) is 30.7 Å². The number of pyridine rings is 1. The van der Waals surface area contributed by atoms with Crippen LogP contribution in [0.1, 0.15) is 12.8 Å². The molecule has 172 valence electrons. The number of carbonyl (C=O) groups is 1. The summed E-state index contributed by atoms with van der Waals surface area (Å²) in [5, 5.41) is 2.84. The molecular formula is C23H22N8O3. The number of nitrogens with zero attached hydrogens (tertiary/aromatic N) is 7. The van der Waals surface area contributed by atoms with Crippen LogP contribution in [0.25, 0.3) is 28.0 Å². The fourth-order valence-corrected chi connectivity index (χ4v) is 3.94. The molecule has 5 aromatic rings. The summed E-state index contributed by atoms with van der Waals surface area (Å²) < 4.78 is 5.95. The minimum Gasteiger partial charge on any atom is -0.325 e. The third-order valence-corrected chi connectivity index (χ3v) is 5.75. The van der Waals surface area contributed by atoms with Crippen LogP contribution in [0.4, 0.5) is 5.69 Å². The van der Waals surface area contributed by atoms with Gasteiger partial charge in [0.25, 0.3) is 5.56 Å². The third kappa shape index (κ3) is 3.66. The Morgan fingerprint density at radius 1 is 0.971 bits per heavy atom. The summed E-state index contributed by atoms with van der Waals surface area (Å²) in [7, 11) is 3.01. The lowest BCUT2D eigenvalue weighted by molar-refractivity contribution is -0.116. The second-order valence-corrected chi connectivity index (χ2v) is 7.98. The standard InChI is InChI=1S/C23H22N8O3/c1-28-21-20(22(33)29(2)23(28)34)30(13-26-21)11-5-8-19(32)27-15-9-10-18(24-12-15)31-14-25-16-6-3-4-7-17(16)31/h3-4,6-7,9-10,12-14H,5,8,11H2,1-2H3,(H,27,32). The van der Waals surface area contributed by atoms with Crippen molar-refractivity contribution >= 4 is 33.8 Å². The first-order valence-electron chi connectivity index (χ1n) is 10.7. The Labute approximate surface area is 192 Å². The van der Waals surface area contributed by atoms with Gasteiger partial charge in [-0.1, -0.05) is 12.1 Å². The number of imidazole rings is 2. The van der Waals surface area contributed by atoms with Crippen LogP contribution in [0.2, 0.25) is 0 Å². The average molecular weight is 458 g/mol. The number of aromatic nitrogens is 7. The highest BCUT2D eigenvalue weighted by molar-refractivity contribution is 5.90. The van der Waals surface area contributed by atoms with Gasteiger partial charge in [0.1, 0.15) is 12.1 Å². The molecular weight excluding hydrogens is 436 g/mol. The van der Waals surface area contributed by atoms with Crippen LogP contribution < -0.4 is 16.6 Å². The van der Waals surface area contributed by atoms with Crippen molar-refractivity contribution in [3.63, 3.8) is 0 Å². The quantitative estimate of drug-likeness (QED) is 0.412. The summed E-state index contributed by atoms with van der Waals surface area (Å²) in [6.07, 6.45) is 5.59. The fourth-order valence-electron chi connectivity index (χ4n) is 3.94. The van der Waals surface area contributed by atoms with Crippen LogP contribution in [0.15, 0.2) is 64.8 Å². The predicted octanol–water partition coefficient (Wildman–Crippen LogP) is 1.59. The molecule has 1 aromatic carbocycles. The molecule has 0 aliphatic heterocycles. The maximum absolute atomic E-state index is 12.5. The van der Waals surface area contributed by atoms with Crippen molar-refractivity contribution in [3.8, 4) is 5.82 Å². The molecule has 0 bridgehead atoms. The maximum Gasteiger partial charge on any atom is 0.332 e. The first-order chi connectivity index (χ1) is 16.4. The Morgan fingerprint density at radius 2 is 1.79 bits per heavy atom. The van der Waals surface area contributed by atoms with Crippen LogP contribution >= 0.6 is 0 Å². The Kier molecular flexibility index (Phi) is 5.28. The number of nitrogens with one attached hydrogen (secondary N) is 1. The molecule has 0 atom stereocenters. The highest BCUT2D eigenvalue weighted by Gasteiger charge is 2.14. The van der Waals surface area contributed by atoms with E-state index in [4.69, 9.17) is 0 Å². The summed E-state index contributed by atoms with van der Waals surface area (Å²) in [4.78, 5) is 50.0. The van der Waals surface area contributed by atoms with Gasteiger partial charge in [0, 0.05) is 27.1 Å². The molecule has 0 unspecified atom stereocenters. The summed E-state index contributed by atoms with van der Waals surface area (Å²) in [5.74, 6) is 0.544. The molecule has 1 N–H and O–H groups in total. The van der Waals surface area contributed by atoms with E-state index in [-0.39, 0.29) is 12.3 Å².